The van der Waals surface area contributed by atoms with Crippen LogP contribution in [0, 0.1) is 0 Å². The Hall–Kier alpha value is -0.420. The maximum atomic E-state index is 9.79. The molecule has 0 bridgehead atoms. The summed E-state index contributed by atoms with van der Waals surface area (Å²) in [6.45, 7) is 4.25. The number of rotatable bonds is 8. The highest BCUT2D eigenvalue weighted by Gasteiger charge is 2.07. The van der Waals surface area contributed by atoms with Crippen LogP contribution >= 0.6 is 11.3 Å². The largest absolute Gasteiger partial charge is 0.391 e. The van der Waals surface area contributed by atoms with Crippen molar-refractivity contribution in [3.8, 4) is 0 Å². The van der Waals surface area contributed by atoms with E-state index < -0.39 is 0 Å². The Labute approximate surface area is 101 Å². The molecule has 0 fully saturated rings. The van der Waals surface area contributed by atoms with E-state index in [2.05, 4.69) is 24.4 Å². The molecule has 1 rings (SSSR count). The van der Waals surface area contributed by atoms with E-state index in [1.54, 1.807) is 18.4 Å². The van der Waals surface area contributed by atoms with Gasteiger partial charge in [-0.3, -0.25) is 0 Å². The number of nitrogens with one attached hydrogen (secondary N) is 1. The molecule has 0 saturated carbocycles. The molecule has 1 atom stereocenters. The predicted molar refractivity (Wildman–Crippen MR) is 68.2 cm³/mol. The first kappa shape index (κ1) is 13.6. The number of methoxy groups -OCH3 is 1. The van der Waals surface area contributed by atoms with Crippen molar-refractivity contribution < 1.29 is 9.84 Å². The minimum absolute atomic E-state index is 0.305. The van der Waals surface area contributed by atoms with Crippen LogP contribution in [0.3, 0.4) is 0 Å². The van der Waals surface area contributed by atoms with Gasteiger partial charge in [-0.15, -0.1) is 11.3 Å². The normalized spacial score (nSPS) is 12.9. The molecule has 0 aromatic carbocycles. The molecule has 92 valence electrons. The molecule has 1 heterocycles. The molecule has 0 saturated heterocycles. The summed E-state index contributed by atoms with van der Waals surface area (Å²) < 4.78 is 4.92. The minimum atomic E-state index is -0.305. The standard InChI is InChI=1S/C12H21NO2S/c1-3-11-4-5-12(16-11)8-10(14)9-13-6-7-15-2/h4-5,10,13-14H,3,6-9H2,1-2H3. The molecule has 0 amide bonds. The number of aliphatic hydroxyl groups excluding tert-OH is 1. The topological polar surface area (TPSA) is 41.5 Å². The number of hydrogen-bond donors (Lipinski definition) is 2. The molecule has 4 heteroatoms. The number of thiophene rings is 1. The third kappa shape index (κ3) is 5.07. The molecule has 3 nitrogen and oxygen atoms in total. The van der Waals surface area contributed by atoms with Crippen molar-refractivity contribution in [3.63, 3.8) is 0 Å². The summed E-state index contributed by atoms with van der Waals surface area (Å²) >= 11 is 1.79. The third-order valence-electron chi connectivity index (χ3n) is 2.37. The van der Waals surface area contributed by atoms with Gasteiger partial charge in [0.15, 0.2) is 0 Å². The van der Waals surface area contributed by atoms with Gasteiger partial charge in [-0.05, 0) is 18.6 Å². The van der Waals surface area contributed by atoms with Crippen LogP contribution in [0.5, 0.6) is 0 Å². The smallest absolute Gasteiger partial charge is 0.0712 e. The van der Waals surface area contributed by atoms with Gasteiger partial charge in [-0.2, -0.15) is 0 Å². The van der Waals surface area contributed by atoms with Gasteiger partial charge in [-0.1, -0.05) is 6.92 Å². The van der Waals surface area contributed by atoms with Crippen LogP contribution in [-0.4, -0.2) is 38.0 Å². The van der Waals surface area contributed by atoms with Gasteiger partial charge in [0.05, 0.1) is 12.7 Å². The fourth-order valence-corrected chi connectivity index (χ4v) is 2.50. The van der Waals surface area contributed by atoms with Gasteiger partial charge in [-0.25, -0.2) is 0 Å². The number of hydrogen-bond acceptors (Lipinski definition) is 4. The van der Waals surface area contributed by atoms with E-state index in [9.17, 15) is 5.11 Å². The van der Waals surface area contributed by atoms with Crippen molar-refractivity contribution in [1.29, 1.82) is 0 Å². The Bertz CT molecular complexity index is 288. The first-order valence-corrected chi connectivity index (χ1v) is 6.53. The molecular formula is C12H21NO2S. The summed E-state index contributed by atoms with van der Waals surface area (Å²) in [4.78, 5) is 2.65. The second-order valence-electron chi connectivity index (χ2n) is 3.78. The quantitative estimate of drug-likeness (QED) is 0.679. The van der Waals surface area contributed by atoms with Gasteiger partial charge >= 0.3 is 0 Å². The number of ether oxygens (including phenoxy) is 1. The van der Waals surface area contributed by atoms with Crippen molar-refractivity contribution in [2.75, 3.05) is 26.8 Å². The molecule has 0 aliphatic carbocycles. The van der Waals surface area contributed by atoms with Crippen LogP contribution in [0.2, 0.25) is 0 Å². The van der Waals surface area contributed by atoms with E-state index in [-0.39, 0.29) is 6.10 Å². The van der Waals surface area contributed by atoms with Crippen molar-refractivity contribution in [3.05, 3.63) is 21.9 Å². The Morgan fingerprint density at radius 1 is 1.44 bits per heavy atom. The van der Waals surface area contributed by atoms with Crippen molar-refractivity contribution in [1.82, 2.24) is 5.32 Å². The van der Waals surface area contributed by atoms with E-state index in [0.717, 1.165) is 19.4 Å². The van der Waals surface area contributed by atoms with Gasteiger partial charge in [0.2, 0.25) is 0 Å². The Balaban J connectivity index is 2.20. The monoisotopic (exact) mass is 243 g/mol. The fraction of sp³-hybridized carbons (Fsp3) is 0.667. The summed E-state index contributed by atoms with van der Waals surface area (Å²) in [6.07, 6.45) is 1.51. The highest BCUT2D eigenvalue weighted by atomic mass is 32.1. The molecule has 1 aromatic heterocycles. The molecular weight excluding hydrogens is 222 g/mol. The lowest BCUT2D eigenvalue weighted by Gasteiger charge is -2.10. The summed E-state index contributed by atoms with van der Waals surface area (Å²) in [6, 6.07) is 4.26. The SMILES string of the molecule is CCc1ccc(CC(O)CNCCOC)s1. The number of aliphatic hydroxyl groups is 1. The second kappa shape index (κ2) is 7.79. The van der Waals surface area contributed by atoms with Gasteiger partial charge < -0.3 is 15.2 Å². The number of aryl methyl sites for hydroxylation is 1. The zero-order valence-electron chi connectivity index (χ0n) is 10.0. The molecule has 1 aromatic rings. The van der Waals surface area contributed by atoms with E-state index in [1.807, 2.05) is 0 Å². The first-order chi connectivity index (χ1) is 7.76. The molecule has 1 unspecified atom stereocenters. The fourth-order valence-electron chi connectivity index (χ4n) is 1.47. The molecule has 2 N–H and O–H groups in total. The lowest BCUT2D eigenvalue weighted by Crippen LogP contribution is -2.30. The van der Waals surface area contributed by atoms with Gasteiger partial charge in [0.1, 0.15) is 0 Å². The van der Waals surface area contributed by atoms with Crippen LogP contribution in [0.4, 0.5) is 0 Å². The van der Waals surface area contributed by atoms with Gasteiger partial charge in [0.25, 0.3) is 0 Å². The zero-order chi connectivity index (χ0) is 11.8. The average Bonchev–Trinajstić information content (AvgIpc) is 2.72. The highest BCUT2D eigenvalue weighted by molar-refractivity contribution is 7.11. The molecule has 0 aliphatic heterocycles. The minimum Gasteiger partial charge on any atom is -0.391 e. The summed E-state index contributed by atoms with van der Waals surface area (Å²) in [7, 11) is 1.68. The highest BCUT2D eigenvalue weighted by Crippen LogP contribution is 2.18. The predicted octanol–water partition coefficient (Wildman–Crippen LogP) is 1.45. The molecule has 0 radical (unpaired) electrons. The maximum Gasteiger partial charge on any atom is 0.0712 e. The molecule has 0 spiro atoms. The zero-order valence-corrected chi connectivity index (χ0v) is 10.8. The van der Waals surface area contributed by atoms with Crippen LogP contribution in [-0.2, 0) is 17.6 Å². The van der Waals surface area contributed by atoms with Crippen LogP contribution in [0.15, 0.2) is 12.1 Å². The first-order valence-electron chi connectivity index (χ1n) is 5.71. The van der Waals surface area contributed by atoms with Gasteiger partial charge in [0, 0.05) is 36.4 Å². The van der Waals surface area contributed by atoms with E-state index in [0.29, 0.717) is 13.2 Å². The maximum absolute atomic E-state index is 9.79. The van der Waals surface area contributed by atoms with E-state index in [4.69, 9.17) is 4.74 Å². The lowest BCUT2D eigenvalue weighted by molar-refractivity contribution is 0.160. The van der Waals surface area contributed by atoms with Crippen molar-refractivity contribution in [2.45, 2.75) is 25.9 Å². The Morgan fingerprint density at radius 2 is 2.19 bits per heavy atom. The third-order valence-corrected chi connectivity index (χ3v) is 3.62. The van der Waals surface area contributed by atoms with Crippen LogP contribution in [0.1, 0.15) is 16.7 Å². The van der Waals surface area contributed by atoms with E-state index in [1.165, 1.54) is 9.75 Å². The van der Waals surface area contributed by atoms with Crippen LogP contribution in [0.25, 0.3) is 0 Å². The summed E-state index contributed by atoms with van der Waals surface area (Å²) in [5.74, 6) is 0. The Kier molecular flexibility index (Phi) is 6.64. The lowest BCUT2D eigenvalue weighted by atomic mass is 10.2. The van der Waals surface area contributed by atoms with Crippen molar-refractivity contribution in [2.24, 2.45) is 0 Å². The molecule has 0 aliphatic rings. The average molecular weight is 243 g/mol. The van der Waals surface area contributed by atoms with E-state index >= 15 is 0 Å². The molecule has 16 heavy (non-hydrogen) atoms. The van der Waals surface area contributed by atoms with Crippen molar-refractivity contribution >= 4 is 11.3 Å². The summed E-state index contributed by atoms with van der Waals surface area (Å²) in [5.41, 5.74) is 0. The second-order valence-corrected chi connectivity index (χ2v) is 5.03. The Morgan fingerprint density at radius 3 is 2.81 bits per heavy atom. The summed E-state index contributed by atoms with van der Waals surface area (Å²) in [5, 5.41) is 12.9. The van der Waals surface area contributed by atoms with Crippen LogP contribution < -0.4 is 5.32 Å².